The maximum atomic E-state index is 5.44. The highest BCUT2D eigenvalue weighted by Gasteiger charge is 2.13. The van der Waals surface area contributed by atoms with E-state index in [1.54, 1.807) is 0 Å². The third-order valence-electron chi connectivity index (χ3n) is 3.04. The quantitative estimate of drug-likeness (QED) is 0.901. The predicted molar refractivity (Wildman–Crippen MR) is 70.8 cm³/mol. The molecule has 0 amide bonds. The van der Waals surface area contributed by atoms with E-state index >= 15 is 0 Å². The molecule has 0 unspecified atom stereocenters. The second kappa shape index (κ2) is 4.46. The number of imidazole rings is 1. The van der Waals surface area contributed by atoms with Crippen molar-refractivity contribution in [1.29, 1.82) is 0 Å². The second-order valence-corrected chi connectivity index (χ2v) is 4.87. The fourth-order valence-electron chi connectivity index (χ4n) is 2.19. The minimum absolute atomic E-state index is 0.365. The smallest absolute Gasteiger partial charge is 0.207 e. The Labute approximate surface area is 107 Å². The van der Waals surface area contributed by atoms with E-state index in [1.807, 2.05) is 12.4 Å². The standard InChI is InChI=1S/C14H17N3O/c1-10(2)16-14-15-5-6-17(14)13-4-3-11-8-18-9-12(11)7-13/h3-7,10H,8-9H2,1-2H3,(H,15,16). The lowest BCUT2D eigenvalue weighted by atomic mass is 10.1. The third kappa shape index (κ3) is 1.99. The predicted octanol–water partition coefficient (Wildman–Crippen LogP) is 2.72. The van der Waals surface area contributed by atoms with Gasteiger partial charge in [-0.2, -0.15) is 0 Å². The Morgan fingerprint density at radius 1 is 1.28 bits per heavy atom. The van der Waals surface area contributed by atoms with E-state index in [-0.39, 0.29) is 0 Å². The highest BCUT2D eigenvalue weighted by atomic mass is 16.5. The highest BCUT2D eigenvalue weighted by Crippen LogP contribution is 2.24. The Kier molecular flexibility index (Phi) is 2.80. The van der Waals surface area contributed by atoms with Gasteiger partial charge in [-0.15, -0.1) is 0 Å². The normalized spacial score (nSPS) is 13.9. The molecule has 0 saturated heterocycles. The van der Waals surface area contributed by atoms with Crippen LogP contribution in [0.1, 0.15) is 25.0 Å². The summed E-state index contributed by atoms with van der Waals surface area (Å²) in [6, 6.07) is 6.79. The van der Waals surface area contributed by atoms with Crippen LogP contribution in [0.3, 0.4) is 0 Å². The molecule has 1 aromatic carbocycles. The second-order valence-electron chi connectivity index (χ2n) is 4.87. The van der Waals surface area contributed by atoms with E-state index in [9.17, 15) is 0 Å². The van der Waals surface area contributed by atoms with Gasteiger partial charge in [0, 0.05) is 24.1 Å². The molecule has 1 aliphatic rings. The molecule has 2 aromatic rings. The SMILES string of the molecule is CC(C)Nc1nccn1-c1ccc2c(c1)COC2. The molecular weight excluding hydrogens is 226 g/mol. The molecule has 94 valence electrons. The summed E-state index contributed by atoms with van der Waals surface area (Å²) in [5.41, 5.74) is 3.69. The van der Waals surface area contributed by atoms with Crippen molar-refractivity contribution in [2.75, 3.05) is 5.32 Å². The van der Waals surface area contributed by atoms with E-state index < -0.39 is 0 Å². The van der Waals surface area contributed by atoms with Crippen LogP contribution in [0.4, 0.5) is 5.95 Å². The van der Waals surface area contributed by atoms with Gasteiger partial charge in [-0.3, -0.25) is 4.57 Å². The summed E-state index contributed by atoms with van der Waals surface area (Å²) in [7, 11) is 0. The first kappa shape index (κ1) is 11.3. The zero-order valence-corrected chi connectivity index (χ0v) is 10.7. The van der Waals surface area contributed by atoms with E-state index in [1.165, 1.54) is 11.1 Å². The fraction of sp³-hybridized carbons (Fsp3) is 0.357. The summed E-state index contributed by atoms with van der Waals surface area (Å²) in [6.07, 6.45) is 3.79. The van der Waals surface area contributed by atoms with Gasteiger partial charge >= 0.3 is 0 Å². The van der Waals surface area contributed by atoms with Crippen molar-refractivity contribution < 1.29 is 4.74 Å². The Balaban J connectivity index is 1.97. The Bertz CT molecular complexity index is 560. The maximum absolute atomic E-state index is 5.44. The van der Waals surface area contributed by atoms with Crippen molar-refractivity contribution >= 4 is 5.95 Å². The van der Waals surface area contributed by atoms with Crippen molar-refractivity contribution in [3.63, 3.8) is 0 Å². The molecule has 3 rings (SSSR count). The summed E-state index contributed by atoms with van der Waals surface area (Å²) in [5, 5.41) is 3.34. The molecule has 0 radical (unpaired) electrons. The van der Waals surface area contributed by atoms with Gasteiger partial charge in [0.15, 0.2) is 0 Å². The zero-order valence-electron chi connectivity index (χ0n) is 10.7. The first-order chi connectivity index (χ1) is 8.74. The van der Waals surface area contributed by atoms with Gasteiger partial charge in [0.05, 0.1) is 13.2 Å². The molecule has 4 heteroatoms. The minimum atomic E-state index is 0.365. The van der Waals surface area contributed by atoms with Crippen molar-refractivity contribution in [2.45, 2.75) is 33.1 Å². The molecule has 2 heterocycles. The first-order valence-electron chi connectivity index (χ1n) is 6.24. The minimum Gasteiger partial charge on any atom is -0.372 e. The number of benzene rings is 1. The number of anilines is 1. The van der Waals surface area contributed by atoms with Crippen LogP contribution < -0.4 is 5.32 Å². The Morgan fingerprint density at radius 2 is 2.11 bits per heavy atom. The van der Waals surface area contributed by atoms with Gasteiger partial charge in [0.1, 0.15) is 0 Å². The number of nitrogens with zero attached hydrogens (tertiary/aromatic N) is 2. The van der Waals surface area contributed by atoms with E-state index in [0.717, 1.165) is 18.2 Å². The topological polar surface area (TPSA) is 39.1 Å². The van der Waals surface area contributed by atoms with Crippen LogP contribution >= 0.6 is 0 Å². The molecule has 0 fully saturated rings. The Hall–Kier alpha value is -1.81. The molecule has 0 spiro atoms. The van der Waals surface area contributed by atoms with Crippen LogP contribution in [-0.4, -0.2) is 15.6 Å². The van der Waals surface area contributed by atoms with Crippen molar-refractivity contribution in [1.82, 2.24) is 9.55 Å². The number of nitrogens with one attached hydrogen (secondary N) is 1. The summed E-state index contributed by atoms with van der Waals surface area (Å²) >= 11 is 0. The van der Waals surface area contributed by atoms with E-state index in [0.29, 0.717) is 12.6 Å². The van der Waals surface area contributed by atoms with Crippen LogP contribution in [0.5, 0.6) is 0 Å². The van der Waals surface area contributed by atoms with Gasteiger partial charge in [0.25, 0.3) is 0 Å². The summed E-state index contributed by atoms with van der Waals surface area (Å²) < 4.78 is 7.51. The number of ether oxygens (including phenoxy) is 1. The van der Waals surface area contributed by atoms with E-state index in [2.05, 4.69) is 46.9 Å². The van der Waals surface area contributed by atoms with Gasteiger partial charge < -0.3 is 10.1 Å². The maximum Gasteiger partial charge on any atom is 0.207 e. The lowest BCUT2D eigenvalue weighted by Crippen LogP contribution is -2.14. The fourth-order valence-corrected chi connectivity index (χ4v) is 2.19. The molecule has 0 saturated carbocycles. The van der Waals surface area contributed by atoms with Crippen LogP contribution in [-0.2, 0) is 18.0 Å². The van der Waals surface area contributed by atoms with Crippen LogP contribution in [0.2, 0.25) is 0 Å². The van der Waals surface area contributed by atoms with Crippen molar-refractivity contribution in [3.8, 4) is 5.69 Å². The van der Waals surface area contributed by atoms with E-state index in [4.69, 9.17) is 4.74 Å². The first-order valence-corrected chi connectivity index (χ1v) is 6.24. The number of rotatable bonds is 3. The third-order valence-corrected chi connectivity index (χ3v) is 3.04. The Morgan fingerprint density at radius 3 is 2.94 bits per heavy atom. The van der Waals surface area contributed by atoms with Crippen LogP contribution in [0.15, 0.2) is 30.6 Å². The van der Waals surface area contributed by atoms with Gasteiger partial charge in [-0.1, -0.05) is 6.07 Å². The highest BCUT2D eigenvalue weighted by molar-refractivity contribution is 5.46. The molecule has 1 aromatic heterocycles. The summed E-state index contributed by atoms with van der Waals surface area (Å²) in [4.78, 5) is 4.35. The summed E-state index contributed by atoms with van der Waals surface area (Å²) in [6.45, 7) is 5.66. The number of hydrogen-bond donors (Lipinski definition) is 1. The number of aromatic nitrogens is 2. The van der Waals surface area contributed by atoms with Crippen LogP contribution in [0.25, 0.3) is 5.69 Å². The monoisotopic (exact) mass is 243 g/mol. The molecule has 1 aliphatic heterocycles. The molecule has 18 heavy (non-hydrogen) atoms. The molecule has 1 N–H and O–H groups in total. The zero-order chi connectivity index (χ0) is 12.5. The number of fused-ring (bicyclic) bond motifs is 1. The average molecular weight is 243 g/mol. The molecular formula is C14H17N3O. The average Bonchev–Trinajstić information content (AvgIpc) is 2.95. The largest absolute Gasteiger partial charge is 0.372 e. The molecule has 0 bridgehead atoms. The summed E-state index contributed by atoms with van der Waals surface area (Å²) in [5.74, 6) is 0.879. The van der Waals surface area contributed by atoms with Gasteiger partial charge in [-0.05, 0) is 37.1 Å². The molecule has 0 atom stereocenters. The molecule has 4 nitrogen and oxygen atoms in total. The number of hydrogen-bond acceptors (Lipinski definition) is 3. The van der Waals surface area contributed by atoms with Crippen molar-refractivity contribution in [3.05, 3.63) is 41.7 Å². The lowest BCUT2D eigenvalue weighted by molar-refractivity contribution is 0.134. The molecule has 0 aliphatic carbocycles. The van der Waals surface area contributed by atoms with Crippen molar-refractivity contribution in [2.24, 2.45) is 0 Å². The van der Waals surface area contributed by atoms with Gasteiger partial charge in [-0.25, -0.2) is 4.98 Å². The lowest BCUT2D eigenvalue weighted by Gasteiger charge is -2.13. The van der Waals surface area contributed by atoms with Crippen LogP contribution in [0, 0.1) is 0 Å². The van der Waals surface area contributed by atoms with Gasteiger partial charge in [0.2, 0.25) is 5.95 Å².